The first-order valence-electron chi connectivity index (χ1n) is 7.43. The lowest BCUT2D eigenvalue weighted by Crippen LogP contribution is -2.24. The van der Waals surface area contributed by atoms with E-state index in [1.54, 1.807) is 7.11 Å². The predicted octanol–water partition coefficient (Wildman–Crippen LogP) is 3.12. The highest BCUT2D eigenvalue weighted by molar-refractivity contribution is 5.95. The monoisotopic (exact) mass is 298 g/mol. The van der Waals surface area contributed by atoms with Crippen LogP contribution >= 0.6 is 0 Å². The van der Waals surface area contributed by atoms with Crippen molar-refractivity contribution in [2.24, 2.45) is 0 Å². The Morgan fingerprint density at radius 2 is 1.77 bits per heavy atom. The molecule has 0 radical (unpaired) electrons. The molecule has 22 heavy (non-hydrogen) atoms. The van der Waals surface area contributed by atoms with Crippen LogP contribution in [0.25, 0.3) is 0 Å². The molecule has 116 valence electrons. The van der Waals surface area contributed by atoms with Gasteiger partial charge in [0.25, 0.3) is 5.91 Å². The minimum atomic E-state index is -0.617. The average molecular weight is 298 g/mol. The fraction of sp³-hybridized carbons (Fsp3) is 0.278. The molecule has 1 amide bonds. The van der Waals surface area contributed by atoms with Crippen molar-refractivity contribution in [1.82, 2.24) is 5.32 Å². The number of anilines is 1. The molecule has 4 nitrogen and oxygen atoms in total. The number of ether oxygens (including phenoxy) is 1. The second kappa shape index (κ2) is 8.32. The molecule has 0 bridgehead atoms. The molecule has 4 heteroatoms. The largest absolute Gasteiger partial charge is 0.367 e. The quantitative estimate of drug-likeness (QED) is 0.825. The SMILES string of the molecule is CCNCc1ccccc1NC(=O)C(OC)c1ccccc1. The first-order valence-corrected chi connectivity index (χ1v) is 7.43. The van der Waals surface area contributed by atoms with E-state index < -0.39 is 6.10 Å². The minimum Gasteiger partial charge on any atom is -0.367 e. The first kappa shape index (κ1) is 16.2. The highest BCUT2D eigenvalue weighted by atomic mass is 16.5. The Hall–Kier alpha value is -2.17. The number of hydrogen-bond donors (Lipinski definition) is 2. The summed E-state index contributed by atoms with van der Waals surface area (Å²) < 4.78 is 5.36. The smallest absolute Gasteiger partial charge is 0.258 e. The molecular weight excluding hydrogens is 276 g/mol. The Morgan fingerprint density at radius 1 is 1.09 bits per heavy atom. The number of rotatable bonds is 7. The standard InChI is InChI=1S/C18H22N2O2/c1-3-19-13-15-11-7-8-12-16(15)20-18(21)17(22-2)14-9-5-4-6-10-14/h4-12,17,19H,3,13H2,1-2H3,(H,20,21). The summed E-state index contributed by atoms with van der Waals surface area (Å²) in [5.74, 6) is -0.169. The summed E-state index contributed by atoms with van der Waals surface area (Å²) in [5, 5.41) is 6.24. The molecule has 0 aliphatic carbocycles. The molecule has 0 aliphatic heterocycles. The molecule has 0 spiro atoms. The molecule has 2 N–H and O–H groups in total. The molecule has 0 aromatic heterocycles. The summed E-state index contributed by atoms with van der Waals surface area (Å²) in [6.07, 6.45) is -0.617. The van der Waals surface area contributed by atoms with Crippen LogP contribution in [0.3, 0.4) is 0 Å². The number of para-hydroxylation sites is 1. The first-order chi connectivity index (χ1) is 10.8. The Kier molecular flexibility index (Phi) is 6.13. The Labute approximate surface area is 131 Å². The summed E-state index contributed by atoms with van der Waals surface area (Å²) in [5.41, 5.74) is 2.71. The van der Waals surface area contributed by atoms with E-state index in [4.69, 9.17) is 4.74 Å². The molecule has 2 aromatic rings. The number of carbonyl (C=O) groups is 1. The number of nitrogens with one attached hydrogen (secondary N) is 2. The lowest BCUT2D eigenvalue weighted by atomic mass is 10.1. The highest BCUT2D eigenvalue weighted by Crippen LogP contribution is 2.21. The Bertz CT molecular complexity index is 599. The number of hydrogen-bond acceptors (Lipinski definition) is 3. The summed E-state index contributed by atoms with van der Waals surface area (Å²) in [4.78, 5) is 12.5. The van der Waals surface area contributed by atoms with Crippen LogP contribution < -0.4 is 10.6 Å². The lowest BCUT2D eigenvalue weighted by molar-refractivity contribution is -0.126. The van der Waals surface area contributed by atoms with E-state index in [1.807, 2.05) is 54.6 Å². The van der Waals surface area contributed by atoms with Gasteiger partial charge >= 0.3 is 0 Å². The van der Waals surface area contributed by atoms with Crippen molar-refractivity contribution in [3.8, 4) is 0 Å². The molecular formula is C18H22N2O2. The third-order valence-corrected chi connectivity index (χ3v) is 3.42. The van der Waals surface area contributed by atoms with Crippen molar-refractivity contribution in [2.75, 3.05) is 19.0 Å². The molecule has 0 aliphatic rings. The van der Waals surface area contributed by atoms with Crippen molar-refractivity contribution in [3.05, 3.63) is 65.7 Å². The van der Waals surface area contributed by atoms with Gasteiger partial charge in [-0.25, -0.2) is 0 Å². The van der Waals surface area contributed by atoms with Gasteiger partial charge in [0.05, 0.1) is 0 Å². The van der Waals surface area contributed by atoms with Crippen molar-refractivity contribution in [2.45, 2.75) is 19.6 Å². The third kappa shape index (κ3) is 4.16. The molecule has 0 heterocycles. The van der Waals surface area contributed by atoms with Crippen LogP contribution in [0, 0.1) is 0 Å². The topological polar surface area (TPSA) is 50.4 Å². The molecule has 1 atom stereocenters. The van der Waals surface area contributed by atoms with Crippen LogP contribution in [0.5, 0.6) is 0 Å². The minimum absolute atomic E-state index is 0.169. The number of methoxy groups -OCH3 is 1. The summed E-state index contributed by atoms with van der Waals surface area (Å²) in [6.45, 7) is 3.65. The Morgan fingerprint density at radius 3 is 2.45 bits per heavy atom. The molecule has 2 aromatic carbocycles. The third-order valence-electron chi connectivity index (χ3n) is 3.42. The maximum Gasteiger partial charge on any atom is 0.258 e. The van der Waals surface area contributed by atoms with E-state index in [0.717, 1.165) is 29.9 Å². The van der Waals surface area contributed by atoms with E-state index in [2.05, 4.69) is 17.6 Å². The summed E-state index contributed by atoms with van der Waals surface area (Å²) in [7, 11) is 1.54. The second-order valence-corrected chi connectivity index (χ2v) is 4.95. The zero-order valence-corrected chi connectivity index (χ0v) is 13.0. The van der Waals surface area contributed by atoms with Gasteiger partial charge in [-0.2, -0.15) is 0 Å². The molecule has 2 rings (SSSR count). The fourth-order valence-corrected chi connectivity index (χ4v) is 2.28. The molecule has 0 fully saturated rings. The number of amides is 1. The summed E-state index contributed by atoms with van der Waals surface area (Å²) in [6, 6.07) is 17.3. The highest BCUT2D eigenvalue weighted by Gasteiger charge is 2.20. The summed E-state index contributed by atoms with van der Waals surface area (Å²) >= 11 is 0. The van der Waals surface area contributed by atoms with E-state index in [-0.39, 0.29) is 5.91 Å². The van der Waals surface area contributed by atoms with E-state index in [1.165, 1.54) is 0 Å². The van der Waals surface area contributed by atoms with Gasteiger partial charge in [0.2, 0.25) is 0 Å². The molecule has 0 saturated heterocycles. The second-order valence-electron chi connectivity index (χ2n) is 4.95. The zero-order valence-electron chi connectivity index (χ0n) is 13.0. The van der Waals surface area contributed by atoms with E-state index in [9.17, 15) is 4.79 Å². The van der Waals surface area contributed by atoms with Crippen LogP contribution in [0.15, 0.2) is 54.6 Å². The fourth-order valence-electron chi connectivity index (χ4n) is 2.28. The van der Waals surface area contributed by atoms with Crippen molar-refractivity contribution >= 4 is 11.6 Å². The maximum atomic E-state index is 12.5. The normalized spacial score (nSPS) is 11.9. The van der Waals surface area contributed by atoms with Gasteiger partial charge in [0.1, 0.15) is 0 Å². The van der Waals surface area contributed by atoms with Gasteiger partial charge in [-0.3, -0.25) is 4.79 Å². The number of benzene rings is 2. The number of carbonyl (C=O) groups excluding carboxylic acids is 1. The van der Waals surface area contributed by atoms with Crippen LogP contribution in [0.4, 0.5) is 5.69 Å². The van der Waals surface area contributed by atoms with E-state index in [0.29, 0.717) is 0 Å². The van der Waals surface area contributed by atoms with Gasteiger partial charge in [0.15, 0.2) is 6.10 Å². The van der Waals surface area contributed by atoms with Crippen LogP contribution in [-0.2, 0) is 16.1 Å². The van der Waals surface area contributed by atoms with Crippen LogP contribution in [0.1, 0.15) is 24.2 Å². The van der Waals surface area contributed by atoms with Crippen LogP contribution in [0.2, 0.25) is 0 Å². The molecule has 0 saturated carbocycles. The zero-order chi connectivity index (χ0) is 15.8. The van der Waals surface area contributed by atoms with Gasteiger partial charge in [-0.1, -0.05) is 55.5 Å². The maximum absolute atomic E-state index is 12.5. The van der Waals surface area contributed by atoms with Crippen molar-refractivity contribution in [3.63, 3.8) is 0 Å². The Balaban J connectivity index is 2.14. The van der Waals surface area contributed by atoms with Gasteiger partial charge in [-0.05, 0) is 23.7 Å². The van der Waals surface area contributed by atoms with Crippen LogP contribution in [-0.4, -0.2) is 19.6 Å². The van der Waals surface area contributed by atoms with Gasteiger partial charge in [-0.15, -0.1) is 0 Å². The predicted molar refractivity (Wildman–Crippen MR) is 88.6 cm³/mol. The van der Waals surface area contributed by atoms with Crippen molar-refractivity contribution in [1.29, 1.82) is 0 Å². The van der Waals surface area contributed by atoms with Crippen molar-refractivity contribution < 1.29 is 9.53 Å². The van der Waals surface area contributed by atoms with Gasteiger partial charge in [0, 0.05) is 19.3 Å². The molecule has 1 unspecified atom stereocenters. The lowest BCUT2D eigenvalue weighted by Gasteiger charge is -2.17. The van der Waals surface area contributed by atoms with E-state index >= 15 is 0 Å². The average Bonchev–Trinajstić information content (AvgIpc) is 2.56. The van der Waals surface area contributed by atoms with Gasteiger partial charge < -0.3 is 15.4 Å².